The van der Waals surface area contributed by atoms with E-state index in [2.05, 4.69) is 15.5 Å². The van der Waals surface area contributed by atoms with Gasteiger partial charge in [-0.3, -0.25) is 4.79 Å². The number of nitrogens with one attached hydrogen (secondary N) is 1. The minimum absolute atomic E-state index is 0.00719. The lowest BCUT2D eigenvalue weighted by Gasteiger charge is -2.22. The zero-order chi connectivity index (χ0) is 20.4. The predicted octanol–water partition coefficient (Wildman–Crippen LogP) is 1.76. The van der Waals surface area contributed by atoms with Crippen LogP contribution in [0.4, 0.5) is 10.5 Å². The first kappa shape index (κ1) is 19.8. The molecular formula is C19H24N4O5. The van der Waals surface area contributed by atoms with Crippen LogP contribution < -0.4 is 10.2 Å². The number of carbonyl (C=O) groups is 2. The van der Waals surface area contributed by atoms with Crippen molar-refractivity contribution in [3.05, 3.63) is 42.0 Å². The molecule has 1 saturated heterocycles. The van der Waals surface area contributed by atoms with Gasteiger partial charge in [0.1, 0.15) is 0 Å². The summed E-state index contributed by atoms with van der Waals surface area (Å²) in [7, 11) is 0. The summed E-state index contributed by atoms with van der Waals surface area (Å²) >= 11 is 0. The minimum Gasteiger partial charge on any atom is -0.407 e. The summed E-state index contributed by atoms with van der Waals surface area (Å²) in [5.74, 6) is -1.88. The summed E-state index contributed by atoms with van der Waals surface area (Å²) in [5.41, 5.74) is 0.406. The molecule has 0 unspecified atom stereocenters. The van der Waals surface area contributed by atoms with E-state index in [-0.39, 0.29) is 24.9 Å². The Morgan fingerprint density at radius 2 is 2.07 bits per heavy atom. The molecule has 2 aromatic rings. The molecule has 150 valence electrons. The molecule has 0 bridgehead atoms. The Morgan fingerprint density at radius 1 is 1.36 bits per heavy atom. The Bertz CT molecular complexity index is 846. The highest BCUT2D eigenvalue weighted by molar-refractivity contribution is 6.01. The molecular weight excluding hydrogens is 364 g/mol. The van der Waals surface area contributed by atoms with Gasteiger partial charge < -0.3 is 24.6 Å². The number of amides is 2. The molecule has 1 aromatic carbocycles. The molecule has 0 aliphatic carbocycles. The Labute approximate surface area is 162 Å². The zero-order valence-electron chi connectivity index (χ0n) is 16.1. The first-order chi connectivity index (χ1) is 13.2. The van der Waals surface area contributed by atoms with Gasteiger partial charge >= 0.3 is 6.09 Å². The van der Waals surface area contributed by atoms with E-state index in [9.17, 15) is 14.7 Å². The molecule has 9 nitrogen and oxygen atoms in total. The molecule has 1 aliphatic rings. The van der Waals surface area contributed by atoms with Gasteiger partial charge in [-0.05, 0) is 12.1 Å². The van der Waals surface area contributed by atoms with Crippen LogP contribution in [0, 0.1) is 0 Å². The van der Waals surface area contributed by atoms with Crippen molar-refractivity contribution in [1.29, 1.82) is 0 Å². The lowest BCUT2D eigenvalue weighted by Crippen LogP contribution is -2.46. The number of rotatable bonds is 5. The third-order valence-corrected chi connectivity index (χ3v) is 4.33. The maximum absolute atomic E-state index is 12.5. The highest BCUT2D eigenvalue weighted by Gasteiger charge is 2.49. The highest BCUT2D eigenvalue weighted by atomic mass is 16.7. The van der Waals surface area contributed by atoms with Gasteiger partial charge in [0.25, 0.3) is 11.7 Å². The molecule has 0 spiro atoms. The summed E-state index contributed by atoms with van der Waals surface area (Å²) in [5, 5.41) is 16.8. The van der Waals surface area contributed by atoms with Crippen LogP contribution >= 0.6 is 0 Å². The minimum atomic E-state index is -2.18. The van der Waals surface area contributed by atoms with E-state index in [1.807, 2.05) is 26.8 Å². The molecule has 0 radical (unpaired) electrons. The lowest BCUT2D eigenvalue weighted by atomic mass is 9.96. The molecule has 1 atom stereocenters. The summed E-state index contributed by atoms with van der Waals surface area (Å²) in [6.45, 7) is 6.32. The van der Waals surface area contributed by atoms with Crippen molar-refractivity contribution in [2.75, 3.05) is 18.0 Å². The average molecular weight is 388 g/mol. The van der Waals surface area contributed by atoms with Gasteiger partial charge in [-0.1, -0.05) is 44.1 Å². The smallest absolute Gasteiger partial charge is 0.407 e. The molecule has 9 heteroatoms. The van der Waals surface area contributed by atoms with Crippen LogP contribution in [0.25, 0.3) is 0 Å². The van der Waals surface area contributed by atoms with Crippen molar-refractivity contribution in [2.24, 2.45) is 0 Å². The van der Waals surface area contributed by atoms with Gasteiger partial charge in [-0.25, -0.2) is 4.79 Å². The second-order valence-electron chi connectivity index (χ2n) is 7.65. The number of alkyl carbamates (subject to hydrolysis) is 1. The van der Waals surface area contributed by atoms with Crippen molar-refractivity contribution in [3.8, 4) is 0 Å². The van der Waals surface area contributed by atoms with Gasteiger partial charge in [0.05, 0.1) is 0 Å². The second-order valence-corrected chi connectivity index (χ2v) is 7.65. The molecule has 0 saturated carbocycles. The van der Waals surface area contributed by atoms with Crippen LogP contribution in [0.15, 0.2) is 34.9 Å². The van der Waals surface area contributed by atoms with Crippen LogP contribution in [-0.4, -0.2) is 46.1 Å². The van der Waals surface area contributed by atoms with Gasteiger partial charge in [0.2, 0.25) is 5.89 Å². The number of hydrogen-bond donors (Lipinski definition) is 2. The van der Waals surface area contributed by atoms with Crippen molar-refractivity contribution >= 4 is 17.7 Å². The molecule has 1 aliphatic heterocycles. The van der Waals surface area contributed by atoms with Crippen LogP contribution in [0.5, 0.6) is 0 Å². The maximum atomic E-state index is 12.5. The fourth-order valence-corrected chi connectivity index (χ4v) is 2.75. The number of aromatic nitrogens is 2. The van der Waals surface area contributed by atoms with Gasteiger partial charge in [0.15, 0.2) is 5.82 Å². The molecule has 2 N–H and O–H groups in total. The quantitative estimate of drug-likeness (QED) is 0.749. The van der Waals surface area contributed by atoms with Crippen molar-refractivity contribution in [3.63, 3.8) is 0 Å². The fraction of sp³-hybridized carbons (Fsp3) is 0.474. The van der Waals surface area contributed by atoms with Gasteiger partial charge in [-0.15, -0.1) is 0 Å². The molecule has 2 amide bonds. The molecule has 3 rings (SSSR count). The summed E-state index contributed by atoms with van der Waals surface area (Å²) in [6, 6.07) is 8.90. The summed E-state index contributed by atoms with van der Waals surface area (Å²) in [4.78, 5) is 30.2. The van der Waals surface area contributed by atoms with Crippen LogP contribution in [0.1, 0.15) is 38.9 Å². The number of benzene rings is 1. The monoisotopic (exact) mass is 388 g/mol. The first-order valence-electron chi connectivity index (χ1n) is 9.08. The number of nitrogens with zero attached hydrogens (tertiary/aromatic N) is 3. The number of para-hydroxylation sites is 1. The number of anilines is 1. The van der Waals surface area contributed by atoms with Crippen molar-refractivity contribution < 1.29 is 24.0 Å². The third-order valence-electron chi connectivity index (χ3n) is 4.33. The Balaban J connectivity index is 1.51. The third kappa shape index (κ3) is 4.30. The summed E-state index contributed by atoms with van der Waals surface area (Å²) < 4.78 is 10.2. The van der Waals surface area contributed by atoms with E-state index in [1.54, 1.807) is 24.3 Å². The van der Waals surface area contributed by atoms with E-state index >= 15 is 0 Å². The van der Waals surface area contributed by atoms with Crippen LogP contribution in [0.3, 0.4) is 0 Å². The number of hydrogen-bond acceptors (Lipinski definition) is 7. The normalized spacial score (nSPS) is 19.7. The molecule has 2 heterocycles. The molecule has 1 aromatic heterocycles. The standard InChI is InChI=1S/C19H24N4O5/c1-18(2,3)15-21-14(28-22-15)9-11-20-17(25)27-19(26)10-12-23(16(19)24)13-7-5-4-6-8-13/h4-8,26H,9-12H2,1-3H3,(H,20,25)/t19-/m0/s1. The van der Waals surface area contributed by atoms with E-state index in [1.165, 1.54) is 4.90 Å². The molecule has 1 fully saturated rings. The number of ether oxygens (including phenoxy) is 1. The van der Waals surface area contributed by atoms with Gasteiger partial charge in [0, 0.05) is 37.0 Å². The first-order valence-corrected chi connectivity index (χ1v) is 9.08. The molecule has 28 heavy (non-hydrogen) atoms. The van der Waals surface area contributed by atoms with E-state index in [0.29, 0.717) is 23.8 Å². The van der Waals surface area contributed by atoms with Crippen molar-refractivity contribution in [1.82, 2.24) is 15.5 Å². The summed E-state index contributed by atoms with van der Waals surface area (Å²) in [6.07, 6.45) is -0.589. The fourth-order valence-electron chi connectivity index (χ4n) is 2.75. The SMILES string of the molecule is CC(C)(C)c1noc(CCNC(=O)O[C@@]2(O)CCN(c3ccccc3)C2=O)n1. The topological polar surface area (TPSA) is 118 Å². The van der Waals surface area contributed by atoms with Crippen LogP contribution in [0.2, 0.25) is 0 Å². The largest absolute Gasteiger partial charge is 0.410 e. The lowest BCUT2D eigenvalue weighted by molar-refractivity contribution is -0.175. The van der Waals surface area contributed by atoms with Crippen molar-refractivity contribution in [2.45, 2.75) is 44.8 Å². The maximum Gasteiger partial charge on any atom is 0.410 e. The van der Waals surface area contributed by atoms with E-state index in [0.717, 1.165) is 0 Å². The average Bonchev–Trinajstić information content (AvgIpc) is 3.22. The number of carbonyl (C=O) groups excluding carboxylic acids is 2. The predicted molar refractivity (Wildman–Crippen MR) is 99.5 cm³/mol. The number of aliphatic hydroxyl groups is 1. The Kier molecular flexibility index (Phi) is 5.37. The zero-order valence-corrected chi connectivity index (χ0v) is 16.1. The second kappa shape index (κ2) is 7.59. The Hall–Kier alpha value is -2.94. The van der Waals surface area contributed by atoms with Crippen LogP contribution in [-0.2, 0) is 21.4 Å². The Morgan fingerprint density at radius 3 is 2.71 bits per heavy atom. The van der Waals surface area contributed by atoms with Gasteiger partial charge in [-0.2, -0.15) is 4.98 Å². The van der Waals surface area contributed by atoms with E-state index in [4.69, 9.17) is 9.26 Å². The van der Waals surface area contributed by atoms with E-state index < -0.39 is 17.8 Å². The highest BCUT2D eigenvalue weighted by Crippen LogP contribution is 2.29.